The molecule has 0 bridgehead atoms. The molecule has 9 heteroatoms. The van der Waals surface area contributed by atoms with Crippen LogP contribution in [0, 0.1) is 5.82 Å². The molecule has 0 heterocycles. The van der Waals surface area contributed by atoms with Crippen LogP contribution in [-0.2, 0) is 16.4 Å². The van der Waals surface area contributed by atoms with Gasteiger partial charge in [-0.2, -0.15) is 0 Å². The van der Waals surface area contributed by atoms with E-state index >= 15 is 0 Å². The molecule has 0 atom stereocenters. The van der Waals surface area contributed by atoms with Crippen LogP contribution in [0.25, 0.3) is 0 Å². The number of amides is 1. The highest BCUT2D eigenvalue weighted by molar-refractivity contribution is 7.92. The molecule has 0 aromatic heterocycles. The molecule has 0 aliphatic heterocycles. The third-order valence-electron chi connectivity index (χ3n) is 4.67. The predicted molar refractivity (Wildman–Crippen MR) is 119 cm³/mol. The fourth-order valence-electron chi connectivity index (χ4n) is 3.01. The number of nitrogens with one attached hydrogen (secondary N) is 2. The largest absolute Gasteiger partial charge is 0.493 e. The van der Waals surface area contributed by atoms with Gasteiger partial charge in [-0.3, -0.25) is 9.52 Å². The fourth-order valence-corrected chi connectivity index (χ4v) is 4.12. The average Bonchev–Trinajstić information content (AvgIpc) is 2.80. The van der Waals surface area contributed by atoms with Crippen molar-refractivity contribution in [1.82, 2.24) is 5.32 Å². The summed E-state index contributed by atoms with van der Waals surface area (Å²) in [5.41, 5.74) is 0.944. The minimum Gasteiger partial charge on any atom is -0.493 e. The number of sulfonamides is 1. The van der Waals surface area contributed by atoms with E-state index in [0.29, 0.717) is 24.5 Å². The van der Waals surface area contributed by atoms with Crippen molar-refractivity contribution in [1.29, 1.82) is 0 Å². The molecular weight excluding hydrogens is 435 g/mol. The summed E-state index contributed by atoms with van der Waals surface area (Å²) in [7, 11) is -0.965. The molecule has 168 valence electrons. The molecule has 3 aromatic rings. The first kappa shape index (κ1) is 23.1. The van der Waals surface area contributed by atoms with E-state index < -0.39 is 21.7 Å². The van der Waals surface area contributed by atoms with Crippen LogP contribution < -0.4 is 19.5 Å². The van der Waals surface area contributed by atoms with Gasteiger partial charge in [0.2, 0.25) is 0 Å². The minimum atomic E-state index is -4.07. The van der Waals surface area contributed by atoms with Crippen molar-refractivity contribution in [2.45, 2.75) is 11.3 Å². The number of benzene rings is 3. The molecule has 3 rings (SSSR count). The lowest BCUT2D eigenvalue weighted by atomic mass is 10.1. The molecule has 0 saturated carbocycles. The van der Waals surface area contributed by atoms with Crippen LogP contribution in [-0.4, -0.2) is 35.1 Å². The second kappa shape index (κ2) is 10.1. The zero-order valence-corrected chi connectivity index (χ0v) is 18.4. The number of rotatable bonds is 9. The Hall–Kier alpha value is -3.59. The van der Waals surface area contributed by atoms with E-state index in [1.807, 2.05) is 12.1 Å². The molecule has 2 N–H and O–H groups in total. The third kappa shape index (κ3) is 5.55. The van der Waals surface area contributed by atoms with Gasteiger partial charge in [-0.25, -0.2) is 12.8 Å². The Morgan fingerprint density at radius 2 is 1.69 bits per heavy atom. The number of carbonyl (C=O) groups is 1. The maximum Gasteiger partial charge on any atom is 0.262 e. The fraction of sp³-hybridized carbons (Fsp3) is 0.174. The molecule has 3 aromatic carbocycles. The van der Waals surface area contributed by atoms with Crippen LogP contribution in [0.5, 0.6) is 11.5 Å². The van der Waals surface area contributed by atoms with Crippen LogP contribution in [0.1, 0.15) is 15.9 Å². The summed E-state index contributed by atoms with van der Waals surface area (Å²) in [6.07, 6.45) is 0.541. The van der Waals surface area contributed by atoms with Gasteiger partial charge in [0.05, 0.1) is 24.8 Å². The second-order valence-corrected chi connectivity index (χ2v) is 8.49. The standard InChI is InChI=1S/C23H23FN2O5S/c1-30-21-11-10-16(14-22(21)31-2)12-13-25-23(27)17-6-5-7-18(15-17)32(28,29)26-20-9-4-3-8-19(20)24/h3-11,14-15,26H,12-13H2,1-2H3,(H,25,27). The number of carbonyl (C=O) groups excluding carboxylic acids is 1. The molecule has 7 nitrogen and oxygen atoms in total. The minimum absolute atomic E-state index is 0.145. The Bertz CT molecular complexity index is 1210. The van der Waals surface area contributed by atoms with E-state index in [4.69, 9.17) is 9.47 Å². The van der Waals surface area contributed by atoms with E-state index in [2.05, 4.69) is 10.0 Å². The van der Waals surface area contributed by atoms with Crippen molar-refractivity contribution in [2.75, 3.05) is 25.5 Å². The van der Waals surface area contributed by atoms with E-state index in [1.165, 1.54) is 42.5 Å². The molecule has 0 saturated heterocycles. The van der Waals surface area contributed by atoms with Crippen molar-refractivity contribution in [2.24, 2.45) is 0 Å². The summed E-state index contributed by atoms with van der Waals surface area (Å²) < 4.78 is 51.7. The summed E-state index contributed by atoms with van der Waals surface area (Å²) >= 11 is 0. The predicted octanol–water partition coefficient (Wildman–Crippen LogP) is 3.62. The summed E-state index contributed by atoms with van der Waals surface area (Å²) in [4.78, 5) is 12.4. The molecule has 0 radical (unpaired) electrons. The lowest BCUT2D eigenvalue weighted by Crippen LogP contribution is -2.26. The van der Waals surface area contributed by atoms with Crippen LogP contribution in [0.4, 0.5) is 10.1 Å². The molecule has 1 amide bonds. The van der Waals surface area contributed by atoms with Gasteiger partial charge in [0.1, 0.15) is 5.82 Å². The van der Waals surface area contributed by atoms with Crippen molar-refractivity contribution in [3.05, 3.63) is 83.7 Å². The van der Waals surface area contributed by atoms with Gasteiger partial charge in [-0.1, -0.05) is 24.3 Å². The second-order valence-electron chi connectivity index (χ2n) is 6.81. The Balaban J connectivity index is 1.66. The first-order chi connectivity index (χ1) is 15.3. The van der Waals surface area contributed by atoms with E-state index in [9.17, 15) is 17.6 Å². The highest BCUT2D eigenvalue weighted by Gasteiger charge is 2.18. The molecule has 0 unspecified atom stereocenters. The number of ether oxygens (including phenoxy) is 2. The highest BCUT2D eigenvalue weighted by Crippen LogP contribution is 2.27. The van der Waals surface area contributed by atoms with Crippen molar-refractivity contribution in [3.63, 3.8) is 0 Å². The Morgan fingerprint density at radius 1 is 0.938 bits per heavy atom. The van der Waals surface area contributed by atoms with Crippen LogP contribution >= 0.6 is 0 Å². The normalized spacial score (nSPS) is 11.0. The zero-order valence-electron chi connectivity index (χ0n) is 17.6. The van der Waals surface area contributed by atoms with Crippen LogP contribution in [0.15, 0.2) is 71.6 Å². The maximum atomic E-state index is 13.8. The Kier molecular flexibility index (Phi) is 7.32. The average molecular weight is 459 g/mol. The van der Waals surface area contributed by atoms with Gasteiger partial charge in [0.25, 0.3) is 15.9 Å². The first-order valence-electron chi connectivity index (χ1n) is 9.70. The summed E-state index contributed by atoms with van der Waals surface area (Å²) in [6, 6.07) is 16.5. The summed E-state index contributed by atoms with van der Waals surface area (Å²) in [5.74, 6) is 0.0902. The zero-order chi connectivity index (χ0) is 23.1. The van der Waals surface area contributed by atoms with E-state index in [0.717, 1.165) is 11.6 Å². The quantitative estimate of drug-likeness (QED) is 0.511. The number of halogens is 1. The maximum absolute atomic E-state index is 13.8. The van der Waals surface area contributed by atoms with Crippen LogP contribution in [0.2, 0.25) is 0 Å². The van der Waals surface area contributed by atoms with Crippen molar-refractivity contribution in [3.8, 4) is 11.5 Å². The topological polar surface area (TPSA) is 93.7 Å². The van der Waals surface area contributed by atoms with Gasteiger partial charge in [-0.05, 0) is 54.4 Å². The smallest absolute Gasteiger partial charge is 0.262 e. The van der Waals surface area contributed by atoms with Gasteiger partial charge >= 0.3 is 0 Å². The van der Waals surface area contributed by atoms with Crippen molar-refractivity contribution >= 4 is 21.6 Å². The number of anilines is 1. The number of hydrogen-bond donors (Lipinski definition) is 2. The third-order valence-corrected chi connectivity index (χ3v) is 6.04. The van der Waals surface area contributed by atoms with Gasteiger partial charge in [-0.15, -0.1) is 0 Å². The molecule has 0 aliphatic carbocycles. The lowest BCUT2D eigenvalue weighted by molar-refractivity contribution is 0.0954. The van der Waals surface area contributed by atoms with Gasteiger partial charge < -0.3 is 14.8 Å². The molecule has 0 aliphatic rings. The summed E-state index contributed by atoms with van der Waals surface area (Å²) in [5, 5.41) is 2.76. The number of hydrogen-bond acceptors (Lipinski definition) is 5. The Labute approximate surface area is 186 Å². The Morgan fingerprint density at radius 3 is 2.41 bits per heavy atom. The lowest BCUT2D eigenvalue weighted by Gasteiger charge is -2.11. The highest BCUT2D eigenvalue weighted by atomic mass is 32.2. The first-order valence-corrected chi connectivity index (χ1v) is 11.2. The number of methoxy groups -OCH3 is 2. The van der Waals surface area contributed by atoms with E-state index in [1.54, 1.807) is 20.3 Å². The molecular formula is C23H23FN2O5S. The van der Waals surface area contributed by atoms with Gasteiger partial charge in [0, 0.05) is 12.1 Å². The summed E-state index contributed by atoms with van der Waals surface area (Å²) in [6.45, 7) is 0.332. The number of para-hydroxylation sites is 1. The monoisotopic (exact) mass is 458 g/mol. The van der Waals surface area contributed by atoms with E-state index in [-0.39, 0.29) is 16.1 Å². The van der Waals surface area contributed by atoms with Crippen LogP contribution in [0.3, 0.4) is 0 Å². The van der Waals surface area contributed by atoms with Gasteiger partial charge in [0.15, 0.2) is 11.5 Å². The molecule has 0 spiro atoms. The molecule has 0 fully saturated rings. The van der Waals surface area contributed by atoms with Crippen molar-refractivity contribution < 1.29 is 27.1 Å². The molecule has 32 heavy (non-hydrogen) atoms. The SMILES string of the molecule is COc1ccc(CCNC(=O)c2cccc(S(=O)(=O)Nc3ccccc3F)c2)cc1OC.